The number of hydrogen-bond donors (Lipinski definition) is 1. The Morgan fingerprint density at radius 2 is 2.12 bits per heavy atom. The van der Waals surface area contributed by atoms with Crippen LogP contribution in [0.4, 0.5) is 5.69 Å². The van der Waals surface area contributed by atoms with Gasteiger partial charge < -0.3 is 10.1 Å². The van der Waals surface area contributed by atoms with Crippen molar-refractivity contribution in [1.82, 2.24) is 4.90 Å². The number of methoxy groups -OCH3 is 1. The number of anilines is 1. The zero-order valence-corrected chi connectivity index (χ0v) is 14.7. The van der Waals surface area contributed by atoms with E-state index >= 15 is 0 Å². The van der Waals surface area contributed by atoms with Crippen LogP contribution in [0.2, 0.25) is 0 Å². The van der Waals surface area contributed by atoms with Gasteiger partial charge in [-0.1, -0.05) is 25.8 Å². The molecule has 5 nitrogen and oxygen atoms in total. The standard InChI is InChI=1S/C19H28N2O3/c1-3-6-15-7-5-11-21(12-10-15)14-18(22)20-17-9-4-8-16(13-17)19(23)24-2/h4,8-9,13,15H,3,5-7,10-12,14H2,1-2H3,(H,20,22)/t15-/m0/s1. The number of nitrogens with one attached hydrogen (secondary N) is 1. The van der Waals surface area contributed by atoms with Gasteiger partial charge in [0, 0.05) is 5.69 Å². The fourth-order valence-corrected chi connectivity index (χ4v) is 3.33. The van der Waals surface area contributed by atoms with Crippen LogP contribution in [-0.4, -0.2) is 43.5 Å². The predicted molar refractivity (Wildman–Crippen MR) is 95.1 cm³/mol. The van der Waals surface area contributed by atoms with Crippen LogP contribution in [0.5, 0.6) is 0 Å². The summed E-state index contributed by atoms with van der Waals surface area (Å²) in [7, 11) is 1.35. The van der Waals surface area contributed by atoms with Crippen molar-refractivity contribution in [3.05, 3.63) is 29.8 Å². The summed E-state index contributed by atoms with van der Waals surface area (Å²) in [6, 6.07) is 6.83. The number of hydrogen-bond acceptors (Lipinski definition) is 4. The van der Waals surface area contributed by atoms with Crippen LogP contribution >= 0.6 is 0 Å². The third kappa shape index (κ3) is 5.64. The highest BCUT2D eigenvalue weighted by molar-refractivity contribution is 5.95. The summed E-state index contributed by atoms with van der Waals surface area (Å²) in [4.78, 5) is 26.1. The second-order valence-corrected chi connectivity index (χ2v) is 6.48. The van der Waals surface area contributed by atoms with E-state index in [9.17, 15) is 9.59 Å². The van der Waals surface area contributed by atoms with Gasteiger partial charge in [-0.05, 0) is 56.5 Å². The lowest BCUT2D eigenvalue weighted by atomic mass is 9.96. The van der Waals surface area contributed by atoms with Crippen LogP contribution in [0.25, 0.3) is 0 Å². The van der Waals surface area contributed by atoms with E-state index in [4.69, 9.17) is 4.74 Å². The molecule has 1 N–H and O–H groups in total. The third-order valence-corrected chi connectivity index (χ3v) is 4.57. The van der Waals surface area contributed by atoms with Crippen molar-refractivity contribution in [3.8, 4) is 0 Å². The molecule has 1 aromatic carbocycles. The number of ether oxygens (including phenoxy) is 1. The molecule has 0 unspecified atom stereocenters. The van der Waals surface area contributed by atoms with E-state index in [2.05, 4.69) is 17.1 Å². The number of carbonyl (C=O) groups excluding carboxylic acids is 2. The van der Waals surface area contributed by atoms with Crippen LogP contribution in [0.1, 0.15) is 49.4 Å². The van der Waals surface area contributed by atoms with Crippen molar-refractivity contribution in [3.63, 3.8) is 0 Å². The first-order valence-electron chi connectivity index (χ1n) is 8.83. The minimum Gasteiger partial charge on any atom is -0.465 e. The minimum atomic E-state index is -0.402. The first-order valence-corrected chi connectivity index (χ1v) is 8.83. The highest BCUT2D eigenvalue weighted by atomic mass is 16.5. The highest BCUT2D eigenvalue weighted by Gasteiger charge is 2.18. The Bertz CT molecular complexity index is 559. The lowest BCUT2D eigenvalue weighted by Gasteiger charge is -2.19. The van der Waals surface area contributed by atoms with Gasteiger partial charge in [-0.25, -0.2) is 4.79 Å². The van der Waals surface area contributed by atoms with E-state index in [0.717, 1.165) is 25.4 Å². The average molecular weight is 332 g/mol. The molecule has 1 fully saturated rings. The fraction of sp³-hybridized carbons (Fsp3) is 0.579. The molecule has 1 aromatic rings. The maximum atomic E-state index is 12.3. The van der Waals surface area contributed by atoms with Crippen molar-refractivity contribution in [2.75, 3.05) is 32.1 Å². The number of likely N-dealkylation sites (tertiary alicyclic amines) is 1. The molecular formula is C19H28N2O3. The molecule has 5 heteroatoms. The first-order chi connectivity index (χ1) is 11.6. The van der Waals surface area contributed by atoms with Gasteiger partial charge in [0.2, 0.25) is 5.91 Å². The summed E-state index contributed by atoms with van der Waals surface area (Å²) in [5, 5.41) is 2.88. The van der Waals surface area contributed by atoms with Gasteiger partial charge in [0.15, 0.2) is 0 Å². The number of rotatable bonds is 6. The van der Waals surface area contributed by atoms with Gasteiger partial charge in [-0.3, -0.25) is 9.69 Å². The zero-order valence-electron chi connectivity index (χ0n) is 14.7. The number of benzene rings is 1. The van der Waals surface area contributed by atoms with E-state index in [1.807, 2.05) is 0 Å². The van der Waals surface area contributed by atoms with E-state index in [1.165, 1.54) is 32.8 Å². The normalized spacial score (nSPS) is 18.7. The molecule has 1 aliphatic heterocycles. The third-order valence-electron chi connectivity index (χ3n) is 4.57. The molecule has 1 atom stereocenters. The summed E-state index contributed by atoms with van der Waals surface area (Å²) in [6.07, 6.45) is 6.14. The predicted octanol–water partition coefficient (Wildman–Crippen LogP) is 3.31. The minimum absolute atomic E-state index is 0.0362. The Labute approximate surface area is 144 Å². The summed E-state index contributed by atoms with van der Waals surface area (Å²) in [5.74, 6) is 0.367. The summed E-state index contributed by atoms with van der Waals surface area (Å²) in [6.45, 7) is 4.61. The van der Waals surface area contributed by atoms with Crippen LogP contribution < -0.4 is 5.32 Å². The van der Waals surface area contributed by atoms with Crippen molar-refractivity contribution in [2.45, 2.75) is 39.0 Å². The van der Waals surface area contributed by atoms with E-state index in [-0.39, 0.29) is 5.91 Å². The smallest absolute Gasteiger partial charge is 0.337 e. The van der Waals surface area contributed by atoms with Gasteiger partial charge in [0.25, 0.3) is 0 Å². The van der Waals surface area contributed by atoms with Crippen LogP contribution in [0.15, 0.2) is 24.3 Å². The molecule has 2 rings (SSSR count). The SMILES string of the molecule is CCC[C@H]1CCCN(CC(=O)Nc2cccc(C(=O)OC)c2)CC1. The Hall–Kier alpha value is -1.88. The molecule has 0 spiro atoms. The Balaban J connectivity index is 1.86. The maximum Gasteiger partial charge on any atom is 0.337 e. The van der Waals surface area contributed by atoms with Crippen LogP contribution in [-0.2, 0) is 9.53 Å². The molecule has 1 saturated heterocycles. The quantitative estimate of drug-likeness (QED) is 0.812. The number of nitrogens with zero attached hydrogens (tertiary/aromatic N) is 1. The second kappa shape index (κ2) is 9.42. The highest BCUT2D eigenvalue weighted by Crippen LogP contribution is 2.21. The Morgan fingerprint density at radius 1 is 1.29 bits per heavy atom. The lowest BCUT2D eigenvalue weighted by Crippen LogP contribution is -2.34. The molecule has 1 aliphatic rings. The topological polar surface area (TPSA) is 58.6 Å². The van der Waals surface area contributed by atoms with E-state index < -0.39 is 5.97 Å². The average Bonchev–Trinajstić information content (AvgIpc) is 2.80. The van der Waals surface area contributed by atoms with Crippen LogP contribution in [0.3, 0.4) is 0 Å². The maximum absolute atomic E-state index is 12.3. The zero-order chi connectivity index (χ0) is 17.4. The molecule has 0 aliphatic carbocycles. The number of carbonyl (C=O) groups is 2. The van der Waals surface area contributed by atoms with Gasteiger partial charge in [0.05, 0.1) is 19.2 Å². The fourth-order valence-electron chi connectivity index (χ4n) is 3.33. The summed E-state index contributed by atoms with van der Waals surface area (Å²) in [5.41, 5.74) is 1.06. The largest absolute Gasteiger partial charge is 0.465 e. The molecule has 0 radical (unpaired) electrons. The molecule has 0 saturated carbocycles. The van der Waals surface area contributed by atoms with E-state index in [0.29, 0.717) is 17.8 Å². The molecule has 0 bridgehead atoms. The van der Waals surface area contributed by atoms with E-state index in [1.54, 1.807) is 24.3 Å². The van der Waals surface area contributed by atoms with Crippen molar-refractivity contribution >= 4 is 17.6 Å². The Kier molecular flexibility index (Phi) is 7.25. The monoisotopic (exact) mass is 332 g/mol. The van der Waals surface area contributed by atoms with Gasteiger partial charge in [-0.15, -0.1) is 0 Å². The van der Waals surface area contributed by atoms with Gasteiger partial charge in [0.1, 0.15) is 0 Å². The second-order valence-electron chi connectivity index (χ2n) is 6.48. The lowest BCUT2D eigenvalue weighted by molar-refractivity contribution is -0.117. The molecule has 1 heterocycles. The molecular weight excluding hydrogens is 304 g/mol. The molecule has 132 valence electrons. The number of amides is 1. The van der Waals surface area contributed by atoms with Crippen molar-refractivity contribution < 1.29 is 14.3 Å². The molecule has 1 amide bonds. The molecule has 0 aromatic heterocycles. The number of esters is 1. The van der Waals surface area contributed by atoms with Crippen molar-refractivity contribution in [2.24, 2.45) is 5.92 Å². The summed E-state index contributed by atoms with van der Waals surface area (Å²) >= 11 is 0. The van der Waals surface area contributed by atoms with Gasteiger partial charge >= 0.3 is 5.97 Å². The molecule has 24 heavy (non-hydrogen) atoms. The van der Waals surface area contributed by atoms with Crippen molar-refractivity contribution in [1.29, 1.82) is 0 Å². The van der Waals surface area contributed by atoms with Gasteiger partial charge in [-0.2, -0.15) is 0 Å². The first kappa shape index (κ1) is 18.5. The van der Waals surface area contributed by atoms with Crippen LogP contribution in [0, 0.1) is 5.92 Å². The summed E-state index contributed by atoms with van der Waals surface area (Å²) < 4.78 is 4.70. The Morgan fingerprint density at radius 3 is 2.88 bits per heavy atom.